The molecule has 132 valence electrons. The standard InChI is InChI=1S/C19H22N2O4/c1-3-7-18(15-8-5-4-6-9-15)20-19(22)14(2)25-17-12-10-16(11-13-17)21(23)24/h4-6,8-14,18H,3,7H2,1-2H3,(H,20,22). The molecule has 2 aromatic rings. The summed E-state index contributed by atoms with van der Waals surface area (Å²) in [5.41, 5.74) is 1.04. The molecule has 0 bridgehead atoms. The SMILES string of the molecule is CCCC(NC(=O)C(C)Oc1ccc([N+](=O)[O-])cc1)c1ccccc1. The smallest absolute Gasteiger partial charge is 0.269 e. The Bertz CT molecular complexity index is 701. The second-order valence-corrected chi connectivity index (χ2v) is 5.77. The van der Waals surface area contributed by atoms with Crippen LogP contribution in [0.2, 0.25) is 0 Å². The van der Waals surface area contributed by atoms with Crippen LogP contribution in [0.4, 0.5) is 5.69 Å². The van der Waals surface area contributed by atoms with Crippen molar-refractivity contribution in [3.63, 3.8) is 0 Å². The van der Waals surface area contributed by atoms with E-state index < -0.39 is 11.0 Å². The molecule has 0 aliphatic heterocycles. The molecule has 0 saturated heterocycles. The van der Waals surface area contributed by atoms with Crippen LogP contribution in [0.25, 0.3) is 0 Å². The third-order valence-electron chi connectivity index (χ3n) is 3.83. The maximum Gasteiger partial charge on any atom is 0.269 e. The van der Waals surface area contributed by atoms with Crippen LogP contribution in [0.5, 0.6) is 5.75 Å². The number of nitro groups is 1. The molecule has 1 N–H and O–H groups in total. The molecule has 0 aliphatic rings. The third-order valence-corrected chi connectivity index (χ3v) is 3.83. The van der Waals surface area contributed by atoms with Gasteiger partial charge in [0.05, 0.1) is 11.0 Å². The predicted octanol–water partition coefficient (Wildman–Crippen LogP) is 4.02. The number of hydrogen-bond donors (Lipinski definition) is 1. The molecule has 2 unspecified atom stereocenters. The number of hydrogen-bond acceptors (Lipinski definition) is 4. The number of nitrogens with zero attached hydrogens (tertiary/aromatic N) is 1. The van der Waals surface area contributed by atoms with Crippen LogP contribution < -0.4 is 10.1 Å². The van der Waals surface area contributed by atoms with Gasteiger partial charge in [-0.15, -0.1) is 0 Å². The van der Waals surface area contributed by atoms with Crippen molar-refractivity contribution in [3.8, 4) is 5.75 Å². The van der Waals surface area contributed by atoms with Gasteiger partial charge in [-0.05, 0) is 31.0 Å². The molecule has 0 spiro atoms. The predicted molar refractivity (Wildman–Crippen MR) is 95.4 cm³/mol. The summed E-state index contributed by atoms with van der Waals surface area (Å²) in [4.78, 5) is 22.6. The van der Waals surface area contributed by atoms with Crippen LogP contribution in [-0.4, -0.2) is 16.9 Å². The number of carbonyl (C=O) groups is 1. The Balaban J connectivity index is 1.99. The quantitative estimate of drug-likeness (QED) is 0.580. The van der Waals surface area contributed by atoms with Crippen molar-refractivity contribution < 1.29 is 14.5 Å². The van der Waals surface area contributed by atoms with E-state index in [9.17, 15) is 14.9 Å². The van der Waals surface area contributed by atoms with Gasteiger partial charge in [-0.25, -0.2) is 0 Å². The van der Waals surface area contributed by atoms with E-state index in [0.717, 1.165) is 18.4 Å². The van der Waals surface area contributed by atoms with Crippen molar-refractivity contribution >= 4 is 11.6 Å². The van der Waals surface area contributed by atoms with Crippen molar-refractivity contribution in [2.24, 2.45) is 0 Å². The molecule has 0 aromatic heterocycles. The van der Waals surface area contributed by atoms with Gasteiger partial charge in [0.25, 0.3) is 11.6 Å². The van der Waals surface area contributed by atoms with E-state index >= 15 is 0 Å². The van der Waals surface area contributed by atoms with Crippen LogP contribution in [0.3, 0.4) is 0 Å². The number of nitrogens with one attached hydrogen (secondary N) is 1. The highest BCUT2D eigenvalue weighted by molar-refractivity contribution is 5.81. The fraction of sp³-hybridized carbons (Fsp3) is 0.316. The molecule has 0 heterocycles. The first-order valence-electron chi connectivity index (χ1n) is 8.27. The van der Waals surface area contributed by atoms with E-state index in [1.165, 1.54) is 24.3 Å². The summed E-state index contributed by atoms with van der Waals surface area (Å²) >= 11 is 0. The zero-order valence-electron chi connectivity index (χ0n) is 14.3. The van der Waals surface area contributed by atoms with E-state index in [-0.39, 0.29) is 17.6 Å². The van der Waals surface area contributed by atoms with Crippen molar-refractivity contribution in [2.75, 3.05) is 0 Å². The van der Waals surface area contributed by atoms with Crippen molar-refractivity contribution in [1.82, 2.24) is 5.32 Å². The van der Waals surface area contributed by atoms with Gasteiger partial charge < -0.3 is 10.1 Å². The normalized spacial score (nSPS) is 12.9. The molecule has 2 aromatic carbocycles. The van der Waals surface area contributed by atoms with Gasteiger partial charge in [-0.3, -0.25) is 14.9 Å². The van der Waals surface area contributed by atoms with Crippen LogP contribution in [0.15, 0.2) is 54.6 Å². The highest BCUT2D eigenvalue weighted by Gasteiger charge is 2.20. The van der Waals surface area contributed by atoms with Crippen LogP contribution >= 0.6 is 0 Å². The minimum atomic E-state index is -0.704. The highest BCUT2D eigenvalue weighted by Crippen LogP contribution is 2.20. The van der Waals surface area contributed by atoms with Gasteiger partial charge in [-0.1, -0.05) is 43.7 Å². The zero-order valence-corrected chi connectivity index (χ0v) is 14.3. The average molecular weight is 342 g/mol. The van der Waals surface area contributed by atoms with Crippen molar-refractivity contribution in [1.29, 1.82) is 0 Å². The van der Waals surface area contributed by atoms with Crippen molar-refractivity contribution in [3.05, 3.63) is 70.3 Å². The summed E-state index contributed by atoms with van der Waals surface area (Å²) in [5, 5.41) is 13.7. The number of nitro benzene ring substituents is 1. The molecule has 1 amide bonds. The molecule has 0 fully saturated rings. The van der Waals surface area contributed by atoms with Gasteiger partial charge in [0.15, 0.2) is 6.10 Å². The summed E-state index contributed by atoms with van der Waals surface area (Å²) in [7, 11) is 0. The molecule has 0 radical (unpaired) electrons. The Hall–Kier alpha value is -2.89. The first-order valence-corrected chi connectivity index (χ1v) is 8.27. The molecular weight excluding hydrogens is 320 g/mol. The van der Waals surface area contributed by atoms with Gasteiger partial charge in [0, 0.05) is 12.1 Å². The van der Waals surface area contributed by atoms with Crippen LogP contribution in [0.1, 0.15) is 38.3 Å². The molecule has 2 atom stereocenters. The van der Waals surface area contributed by atoms with E-state index in [1.807, 2.05) is 30.3 Å². The van der Waals surface area contributed by atoms with Gasteiger partial charge in [0.1, 0.15) is 5.75 Å². The molecule has 25 heavy (non-hydrogen) atoms. The molecule has 2 rings (SSSR count). The summed E-state index contributed by atoms with van der Waals surface area (Å²) in [6.07, 6.45) is 1.07. The lowest BCUT2D eigenvalue weighted by atomic mass is 10.0. The number of carbonyl (C=O) groups excluding carboxylic acids is 1. The van der Waals surface area contributed by atoms with Gasteiger partial charge in [-0.2, -0.15) is 0 Å². The summed E-state index contributed by atoms with van der Waals surface area (Å²) < 4.78 is 5.59. The van der Waals surface area contributed by atoms with Crippen LogP contribution in [0, 0.1) is 10.1 Å². The molecule has 6 heteroatoms. The van der Waals surface area contributed by atoms with Gasteiger partial charge in [0.2, 0.25) is 0 Å². The van der Waals surface area contributed by atoms with Crippen molar-refractivity contribution in [2.45, 2.75) is 38.8 Å². The molecule has 6 nitrogen and oxygen atoms in total. The Morgan fingerprint density at radius 1 is 1.16 bits per heavy atom. The highest BCUT2D eigenvalue weighted by atomic mass is 16.6. The summed E-state index contributed by atoms with van der Waals surface area (Å²) in [5.74, 6) is 0.195. The third kappa shape index (κ3) is 5.31. The number of ether oxygens (including phenoxy) is 1. The van der Waals surface area contributed by atoms with E-state index in [0.29, 0.717) is 5.75 Å². The van der Waals surface area contributed by atoms with Gasteiger partial charge >= 0.3 is 0 Å². The second-order valence-electron chi connectivity index (χ2n) is 5.77. The molecule has 0 saturated carbocycles. The minimum Gasteiger partial charge on any atom is -0.481 e. The first kappa shape index (κ1) is 18.4. The summed E-state index contributed by atoms with van der Waals surface area (Å²) in [6, 6.07) is 15.4. The Morgan fingerprint density at radius 2 is 1.80 bits per heavy atom. The van der Waals surface area contributed by atoms with E-state index in [4.69, 9.17) is 4.74 Å². The average Bonchev–Trinajstić information content (AvgIpc) is 2.62. The zero-order chi connectivity index (χ0) is 18.2. The fourth-order valence-corrected chi connectivity index (χ4v) is 2.49. The Morgan fingerprint density at radius 3 is 2.36 bits per heavy atom. The Labute approximate surface area is 147 Å². The number of rotatable bonds is 8. The molecular formula is C19H22N2O4. The Kier molecular flexibility index (Phi) is 6.51. The van der Waals surface area contributed by atoms with E-state index in [1.54, 1.807) is 6.92 Å². The number of benzene rings is 2. The fourth-order valence-electron chi connectivity index (χ4n) is 2.49. The second kappa shape index (κ2) is 8.82. The largest absolute Gasteiger partial charge is 0.481 e. The summed E-state index contributed by atoms with van der Waals surface area (Å²) in [6.45, 7) is 3.73. The monoisotopic (exact) mass is 342 g/mol. The number of non-ortho nitro benzene ring substituents is 1. The topological polar surface area (TPSA) is 81.5 Å². The first-order chi connectivity index (χ1) is 12.0. The maximum atomic E-state index is 12.4. The molecule has 0 aliphatic carbocycles. The lowest BCUT2D eigenvalue weighted by molar-refractivity contribution is -0.384. The van der Waals surface area contributed by atoms with E-state index in [2.05, 4.69) is 12.2 Å². The maximum absolute atomic E-state index is 12.4. The van der Waals surface area contributed by atoms with Crippen LogP contribution in [-0.2, 0) is 4.79 Å². The number of amides is 1. The lowest BCUT2D eigenvalue weighted by Crippen LogP contribution is -2.38. The minimum absolute atomic E-state index is 0.0171. The lowest BCUT2D eigenvalue weighted by Gasteiger charge is -2.21.